The molecule has 0 spiro atoms. The van der Waals surface area contributed by atoms with Gasteiger partial charge in [0.25, 0.3) is 0 Å². The van der Waals surface area contributed by atoms with Gasteiger partial charge in [-0.3, -0.25) is 4.79 Å². The Bertz CT molecular complexity index is 1930. The molecule has 14 heteroatoms. The van der Waals surface area contributed by atoms with E-state index >= 15 is 0 Å². The normalized spacial score (nSPS) is 38.5. The van der Waals surface area contributed by atoms with Crippen LogP contribution in [0.15, 0.2) is 53.5 Å². The van der Waals surface area contributed by atoms with E-state index in [0.717, 1.165) is 35.7 Å². The number of esters is 1. The van der Waals surface area contributed by atoms with Gasteiger partial charge in [0, 0.05) is 51.7 Å². The predicted octanol–water partition coefficient (Wildman–Crippen LogP) is 10.2. The quantitative estimate of drug-likeness (QED) is 0.0713. The number of aliphatic hydroxyl groups excluding tert-OH is 1. The number of halogens is 1. The minimum Gasteiger partial charge on any atom is -0.458 e. The molecular formula is C54H81BrO12Si. The number of benzene rings is 1. The minimum absolute atomic E-state index is 0.0102. The number of ketones is 1. The number of carbonyl (C=O) groups excluding carboxylic acids is 2. The first kappa shape index (κ1) is 52.5. The largest absolute Gasteiger partial charge is 0.458 e. The molecule has 68 heavy (non-hydrogen) atoms. The van der Waals surface area contributed by atoms with E-state index in [9.17, 15) is 14.7 Å². The van der Waals surface area contributed by atoms with Crippen molar-refractivity contribution < 1.29 is 57.0 Å². The van der Waals surface area contributed by atoms with Crippen LogP contribution in [0.1, 0.15) is 135 Å². The van der Waals surface area contributed by atoms with E-state index in [-0.39, 0.29) is 96.3 Å². The average molecular weight is 1030 g/mol. The van der Waals surface area contributed by atoms with Gasteiger partial charge < -0.3 is 47.4 Å². The fourth-order valence-electron chi connectivity index (χ4n) is 11.9. The minimum atomic E-state index is -1.92. The summed E-state index contributed by atoms with van der Waals surface area (Å²) in [4.78, 5) is 27.6. The molecule has 4 unspecified atom stereocenters. The molecule has 8 heterocycles. The molecule has 0 radical (unpaired) electrons. The maximum atomic E-state index is 14.5. The summed E-state index contributed by atoms with van der Waals surface area (Å²) in [6.45, 7) is 27.5. The molecular weight excluding hydrogens is 949 g/mol. The van der Waals surface area contributed by atoms with Crippen LogP contribution >= 0.6 is 15.9 Å². The molecule has 6 bridgehead atoms. The summed E-state index contributed by atoms with van der Waals surface area (Å²) in [5.41, 5.74) is 1.59. The van der Waals surface area contributed by atoms with E-state index in [1.54, 1.807) is 12.1 Å². The molecule has 8 aliphatic rings. The summed E-state index contributed by atoms with van der Waals surface area (Å²) < 4.78 is 61.4. The first-order valence-corrected chi connectivity index (χ1v) is 29.6. The van der Waals surface area contributed by atoms with Gasteiger partial charge in [-0.05, 0) is 109 Å². The Labute approximate surface area is 415 Å². The van der Waals surface area contributed by atoms with Crippen LogP contribution in [0.3, 0.4) is 0 Å². The second-order valence-corrected chi connectivity index (χ2v) is 29.1. The van der Waals surface area contributed by atoms with E-state index < -0.39 is 32.4 Å². The summed E-state index contributed by atoms with van der Waals surface area (Å²) in [7, 11) is -1.92. The van der Waals surface area contributed by atoms with Crippen LogP contribution < -0.4 is 0 Å². The molecule has 1 N–H and O–H groups in total. The van der Waals surface area contributed by atoms with E-state index in [1.165, 1.54) is 0 Å². The van der Waals surface area contributed by atoms with Crippen molar-refractivity contribution in [2.75, 3.05) is 13.2 Å². The monoisotopic (exact) mass is 1030 g/mol. The van der Waals surface area contributed by atoms with Crippen molar-refractivity contribution in [1.29, 1.82) is 0 Å². The molecule has 0 aliphatic carbocycles. The van der Waals surface area contributed by atoms with Crippen LogP contribution in [0.25, 0.3) is 0 Å². The summed E-state index contributed by atoms with van der Waals surface area (Å²) in [6, 6.07) is 9.01. The van der Waals surface area contributed by atoms with Crippen molar-refractivity contribution in [3.8, 4) is 0 Å². The van der Waals surface area contributed by atoms with Crippen LogP contribution in [0.2, 0.25) is 18.1 Å². The Morgan fingerprint density at radius 2 is 1.65 bits per heavy atom. The highest BCUT2D eigenvalue weighted by atomic mass is 79.9. The van der Waals surface area contributed by atoms with Gasteiger partial charge in [0.05, 0.1) is 48.3 Å². The van der Waals surface area contributed by atoms with Crippen molar-refractivity contribution >= 4 is 36.0 Å². The van der Waals surface area contributed by atoms with Crippen molar-refractivity contribution in [2.45, 2.75) is 228 Å². The predicted molar refractivity (Wildman–Crippen MR) is 265 cm³/mol. The number of Topliss-reactive ketones (excluding diaryl/α,β-unsaturated/α-hetero) is 1. The lowest BCUT2D eigenvalue weighted by molar-refractivity contribution is -0.292. The number of rotatable bonds is 21. The van der Waals surface area contributed by atoms with E-state index in [0.29, 0.717) is 81.8 Å². The van der Waals surface area contributed by atoms with Gasteiger partial charge in [0.1, 0.15) is 42.4 Å². The van der Waals surface area contributed by atoms with Gasteiger partial charge >= 0.3 is 5.97 Å². The highest BCUT2D eigenvalue weighted by molar-refractivity contribution is 9.11. The fraction of sp³-hybridized carbons (Fsp3) is 0.778. The van der Waals surface area contributed by atoms with Gasteiger partial charge in [-0.15, -0.1) is 0 Å². The summed E-state index contributed by atoms with van der Waals surface area (Å²) >= 11 is 3.49. The van der Waals surface area contributed by atoms with Crippen molar-refractivity contribution in [2.24, 2.45) is 23.7 Å². The van der Waals surface area contributed by atoms with E-state index in [1.807, 2.05) is 18.2 Å². The highest BCUT2D eigenvalue weighted by Crippen LogP contribution is 2.54. The van der Waals surface area contributed by atoms with Gasteiger partial charge in [-0.25, -0.2) is 4.79 Å². The molecule has 1 aromatic rings. The molecule has 0 aromatic heterocycles. The standard InChI is InChI=1S/C54H81BrO12Si/c1-31(30-59-68(9,10)53(6,7)8)23-43-35(5)41(45(63-43)28-44-34(4)32(2)24-38(60-44)17-14-22-56)27-37(57)26-39-18-19-42-47(61-39)51-50-49(64-42)48-46(65-50)29-54(66-48,67-51)21-20-40(25-33(3)55)62-52(58)36-15-12-11-13-16-36/h11-13,15-16,31-32,35,38-51,56H,3-4,14,17-30H2,1-2,5-10H3/t31-,32+,35+,38-,39+,40+,41?,42-,43+,44?,45-,46?,47-,48-,49-,50+,51?,54-/m0/s1. The third-order valence-corrected chi connectivity index (χ3v) is 21.8. The molecule has 8 fully saturated rings. The third kappa shape index (κ3) is 11.8. The zero-order chi connectivity index (χ0) is 48.7. The number of aliphatic hydroxyl groups is 1. The lowest BCUT2D eigenvalue weighted by Crippen LogP contribution is -2.61. The second kappa shape index (κ2) is 21.7. The van der Waals surface area contributed by atoms with Crippen LogP contribution in [-0.2, 0) is 47.1 Å². The first-order valence-electron chi connectivity index (χ1n) is 25.9. The molecule has 8 aliphatic heterocycles. The third-order valence-electron chi connectivity index (χ3n) is 16.9. The van der Waals surface area contributed by atoms with Crippen molar-refractivity contribution in [3.63, 3.8) is 0 Å². The number of ether oxygens (including phenoxy) is 8. The SMILES string of the molecule is C=C(Br)C[C@@H](CC[C@@]12CC3O[C@H]4C(O1)[C@H]1O[C@@H](CC(=O)CC5[C@H](CC6O[C@@H](CCCO)C[C@@H](C)C6=C)O[C@H](C[C@H](C)CO[Si](C)(C)C(C)(C)C)[C@@H]5C)CC[C@@H]1O[C@H]4[C@H]3O2)OC(=O)c1ccccc1. The summed E-state index contributed by atoms with van der Waals surface area (Å²) in [6.07, 6.45) is 4.95. The highest BCUT2D eigenvalue weighted by Gasteiger charge is 2.68. The zero-order valence-electron chi connectivity index (χ0n) is 42.0. The van der Waals surface area contributed by atoms with Gasteiger partial charge in [0.2, 0.25) is 0 Å². The lowest BCUT2D eigenvalue weighted by atomic mass is 9.78. The molecule has 1 aromatic carbocycles. The van der Waals surface area contributed by atoms with Gasteiger partial charge in [0.15, 0.2) is 14.1 Å². The Hall–Kier alpha value is -1.82. The molecule has 8 saturated heterocycles. The number of fused-ring (bicyclic) bond motifs is 1. The summed E-state index contributed by atoms with van der Waals surface area (Å²) in [5.74, 6) is -0.401. The van der Waals surface area contributed by atoms with Crippen molar-refractivity contribution in [3.05, 3.63) is 59.1 Å². The molecule has 9 rings (SSSR count). The van der Waals surface area contributed by atoms with Gasteiger partial charge in [-0.2, -0.15) is 0 Å². The van der Waals surface area contributed by atoms with E-state index in [2.05, 4.69) is 83.7 Å². The first-order chi connectivity index (χ1) is 32.2. The van der Waals surface area contributed by atoms with Crippen LogP contribution in [0, 0.1) is 23.7 Å². The Morgan fingerprint density at radius 3 is 2.37 bits per heavy atom. The maximum Gasteiger partial charge on any atom is 0.338 e. The van der Waals surface area contributed by atoms with E-state index in [4.69, 9.17) is 42.3 Å². The molecule has 12 nitrogen and oxygen atoms in total. The Morgan fingerprint density at radius 1 is 0.926 bits per heavy atom. The Kier molecular flexibility index (Phi) is 16.8. The Balaban J connectivity index is 0.923. The lowest BCUT2D eigenvalue weighted by Gasteiger charge is -2.47. The van der Waals surface area contributed by atoms with Gasteiger partial charge in [-0.1, -0.05) is 88.8 Å². The number of hydrogen-bond acceptors (Lipinski definition) is 12. The smallest absolute Gasteiger partial charge is 0.338 e. The fourth-order valence-corrected chi connectivity index (χ4v) is 13.4. The van der Waals surface area contributed by atoms with Crippen LogP contribution in [-0.4, -0.2) is 124 Å². The van der Waals surface area contributed by atoms with Crippen LogP contribution in [0.5, 0.6) is 0 Å². The second-order valence-electron chi connectivity index (χ2n) is 23.2. The zero-order valence-corrected chi connectivity index (χ0v) is 44.6. The maximum absolute atomic E-state index is 14.5. The number of carbonyl (C=O) groups is 2. The number of hydrogen-bond donors (Lipinski definition) is 1. The average Bonchev–Trinajstić information content (AvgIpc) is 3.83. The molecule has 380 valence electrons. The topological polar surface area (TPSA) is 137 Å². The molecule has 0 saturated carbocycles. The van der Waals surface area contributed by atoms with Crippen LogP contribution in [0.4, 0.5) is 0 Å². The molecule has 18 atom stereocenters. The molecule has 0 amide bonds. The van der Waals surface area contributed by atoms with Crippen molar-refractivity contribution in [1.82, 2.24) is 0 Å². The summed E-state index contributed by atoms with van der Waals surface area (Å²) in [5, 5.41) is 9.71.